The zero-order valence-corrected chi connectivity index (χ0v) is 10.8. The van der Waals surface area contributed by atoms with E-state index in [0.717, 1.165) is 0 Å². The fraction of sp³-hybridized carbons (Fsp3) is 0.571. The van der Waals surface area contributed by atoms with Gasteiger partial charge in [-0.2, -0.15) is 0 Å². The van der Waals surface area contributed by atoms with E-state index in [1.165, 1.54) is 6.07 Å². The summed E-state index contributed by atoms with van der Waals surface area (Å²) in [5.74, 6) is -0.249. The second kappa shape index (κ2) is 5.15. The number of hydrogen-bond donors (Lipinski definition) is 2. The average Bonchev–Trinajstić information content (AvgIpc) is 2.25. The van der Waals surface area contributed by atoms with E-state index < -0.39 is 11.0 Å². The highest BCUT2D eigenvalue weighted by molar-refractivity contribution is 5.31. The molecule has 1 unspecified atom stereocenters. The fourth-order valence-corrected chi connectivity index (χ4v) is 2.67. The van der Waals surface area contributed by atoms with E-state index in [1.54, 1.807) is 12.1 Å². The molecule has 0 amide bonds. The molecule has 0 aliphatic carbocycles. The summed E-state index contributed by atoms with van der Waals surface area (Å²) in [6, 6.07) is 6.69. The summed E-state index contributed by atoms with van der Waals surface area (Å²) in [7, 11) is 0. The van der Waals surface area contributed by atoms with Crippen LogP contribution in [0.1, 0.15) is 39.2 Å². The number of halogens is 1. The Morgan fingerprint density at radius 3 is 2.29 bits per heavy atom. The minimum atomic E-state index is -0.591. The van der Waals surface area contributed by atoms with Crippen LogP contribution in [0.25, 0.3) is 0 Å². The number of rotatable bonds is 5. The van der Waals surface area contributed by atoms with E-state index in [2.05, 4.69) is 0 Å². The van der Waals surface area contributed by atoms with Gasteiger partial charge in [0, 0.05) is 17.6 Å². The zero-order chi connectivity index (χ0) is 13.1. The third kappa shape index (κ3) is 2.50. The summed E-state index contributed by atoms with van der Waals surface area (Å²) in [5.41, 5.74) is 5.71. The molecule has 0 radical (unpaired) electrons. The molecule has 0 spiro atoms. The van der Waals surface area contributed by atoms with E-state index >= 15 is 0 Å². The summed E-state index contributed by atoms with van der Waals surface area (Å²) in [4.78, 5) is 0. The van der Waals surface area contributed by atoms with Gasteiger partial charge in [-0.3, -0.25) is 0 Å². The first-order valence-corrected chi connectivity index (χ1v) is 6.04. The third-order valence-corrected chi connectivity index (χ3v) is 3.76. The second-order valence-corrected chi connectivity index (χ2v) is 5.11. The molecule has 3 heteroatoms. The van der Waals surface area contributed by atoms with E-state index in [1.807, 2.05) is 26.8 Å². The van der Waals surface area contributed by atoms with Crippen LogP contribution in [0, 0.1) is 5.82 Å². The summed E-state index contributed by atoms with van der Waals surface area (Å²) >= 11 is 0. The van der Waals surface area contributed by atoms with Gasteiger partial charge in [0.15, 0.2) is 0 Å². The Kier molecular flexibility index (Phi) is 4.28. The molecule has 1 aromatic carbocycles. The predicted octanol–water partition coefficient (Wildman–Crippen LogP) is 2.59. The van der Waals surface area contributed by atoms with Gasteiger partial charge in [-0.05, 0) is 38.3 Å². The standard InChI is InChI=1S/C14H22FNO/c1-4-14(9-10-17,13(2,3)16)11-7-5-6-8-12(11)15/h5-8,17H,4,9-10,16H2,1-3H3. The maximum Gasteiger partial charge on any atom is 0.127 e. The van der Waals surface area contributed by atoms with Crippen LogP contribution in [0.2, 0.25) is 0 Å². The Morgan fingerprint density at radius 1 is 1.29 bits per heavy atom. The van der Waals surface area contributed by atoms with Crippen LogP contribution >= 0.6 is 0 Å². The molecular weight excluding hydrogens is 217 g/mol. The van der Waals surface area contributed by atoms with Crippen molar-refractivity contribution in [1.82, 2.24) is 0 Å². The van der Waals surface area contributed by atoms with Crippen molar-refractivity contribution in [2.45, 2.75) is 44.6 Å². The molecule has 0 fully saturated rings. The molecule has 2 nitrogen and oxygen atoms in total. The van der Waals surface area contributed by atoms with Gasteiger partial charge in [-0.1, -0.05) is 25.1 Å². The Hall–Kier alpha value is -0.930. The molecule has 0 heterocycles. The molecule has 0 aliphatic heterocycles. The number of benzene rings is 1. The number of hydrogen-bond acceptors (Lipinski definition) is 2. The molecule has 96 valence electrons. The van der Waals surface area contributed by atoms with Gasteiger partial charge in [-0.25, -0.2) is 4.39 Å². The van der Waals surface area contributed by atoms with Gasteiger partial charge in [0.2, 0.25) is 0 Å². The third-order valence-electron chi connectivity index (χ3n) is 3.76. The first kappa shape index (κ1) is 14.1. The molecule has 3 N–H and O–H groups in total. The van der Waals surface area contributed by atoms with E-state index in [4.69, 9.17) is 5.73 Å². The smallest absolute Gasteiger partial charge is 0.127 e. The lowest BCUT2D eigenvalue weighted by atomic mass is 9.63. The van der Waals surface area contributed by atoms with Crippen molar-refractivity contribution in [3.05, 3.63) is 35.6 Å². The minimum Gasteiger partial charge on any atom is -0.396 e. The summed E-state index contributed by atoms with van der Waals surface area (Å²) in [5, 5.41) is 9.27. The van der Waals surface area contributed by atoms with Crippen molar-refractivity contribution >= 4 is 0 Å². The Morgan fingerprint density at radius 2 is 1.88 bits per heavy atom. The SMILES string of the molecule is CCC(CCO)(c1ccccc1F)C(C)(C)N. The lowest BCUT2D eigenvalue weighted by Crippen LogP contribution is -2.54. The quantitative estimate of drug-likeness (QED) is 0.829. The molecule has 1 aromatic rings. The van der Waals surface area contributed by atoms with Crippen molar-refractivity contribution in [1.29, 1.82) is 0 Å². The highest BCUT2D eigenvalue weighted by Gasteiger charge is 2.43. The minimum absolute atomic E-state index is 0.00278. The van der Waals surface area contributed by atoms with Crippen molar-refractivity contribution in [2.24, 2.45) is 5.73 Å². The summed E-state index contributed by atoms with van der Waals surface area (Å²) < 4.78 is 14.0. The number of aliphatic hydroxyl groups is 1. The highest BCUT2D eigenvalue weighted by Crippen LogP contribution is 2.41. The molecule has 0 saturated heterocycles. The number of aliphatic hydroxyl groups excluding tert-OH is 1. The first-order chi connectivity index (χ1) is 7.89. The maximum atomic E-state index is 14.0. The van der Waals surface area contributed by atoms with Crippen molar-refractivity contribution < 1.29 is 9.50 Å². The van der Waals surface area contributed by atoms with Gasteiger partial charge < -0.3 is 10.8 Å². The van der Waals surface area contributed by atoms with Crippen LogP contribution in [0.15, 0.2) is 24.3 Å². The molecule has 0 bridgehead atoms. The molecule has 1 rings (SSSR count). The van der Waals surface area contributed by atoms with E-state index in [-0.39, 0.29) is 12.4 Å². The van der Waals surface area contributed by atoms with E-state index in [9.17, 15) is 9.50 Å². The lowest BCUT2D eigenvalue weighted by Gasteiger charge is -2.44. The van der Waals surface area contributed by atoms with Crippen molar-refractivity contribution in [3.8, 4) is 0 Å². The monoisotopic (exact) mass is 239 g/mol. The zero-order valence-electron chi connectivity index (χ0n) is 10.8. The van der Waals surface area contributed by atoms with Gasteiger partial charge in [0.1, 0.15) is 5.82 Å². The summed E-state index contributed by atoms with van der Waals surface area (Å²) in [6.45, 7) is 5.76. The van der Waals surface area contributed by atoms with Crippen LogP contribution < -0.4 is 5.73 Å². The first-order valence-electron chi connectivity index (χ1n) is 6.04. The van der Waals surface area contributed by atoms with Gasteiger partial charge in [-0.15, -0.1) is 0 Å². The molecule has 0 aliphatic rings. The molecule has 1 atom stereocenters. The Labute approximate surface area is 103 Å². The normalized spacial score (nSPS) is 15.6. The van der Waals surface area contributed by atoms with Crippen LogP contribution in [0.3, 0.4) is 0 Å². The highest BCUT2D eigenvalue weighted by atomic mass is 19.1. The topological polar surface area (TPSA) is 46.2 Å². The van der Waals surface area contributed by atoms with Gasteiger partial charge >= 0.3 is 0 Å². The molecule has 17 heavy (non-hydrogen) atoms. The Balaban J connectivity index is 3.38. The van der Waals surface area contributed by atoms with Crippen LogP contribution in [0.5, 0.6) is 0 Å². The van der Waals surface area contributed by atoms with Crippen LogP contribution in [-0.2, 0) is 5.41 Å². The van der Waals surface area contributed by atoms with Gasteiger partial charge in [0.05, 0.1) is 0 Å². The van der Waals surface area contributed by atoms with Gasteiger partial charge in [0.25, 0.3) is 0 Å². The second-order valence-electron chi connectivity index (χ2n) is 5.11. The lowest BCUT2D eigenvalue weighted by molar-refractivity contribution is 0.166. The van der Waals surface area contributed by atoms with Crippen LogP contribution in [-0.4, -0.2) is 17.3 Å². The van der Waals surface area contributed by atoms with Crippen molar-refractivity contribution in [2.75, 3.05) is 6.61 Å². The molecule has 0 aromatic heterocycles. The maximum absolute atomic E-state index is 14.0. The van der Waals surface area contributed by atoms with E-state index in [0.29, 0.717) is 18.4 Å². The number of nitrogens with two attached hydrogens (primary N) is 1. The molecule has 0 saturated carbocycles. The van der Waals surface area contributed by atoms with Crippen molar-refractivity contribution in [3.63, 3.8) is 0 Å². The molecular formula is C14H22FNO. The Bertz CT molecular complexity index is 373. The predicted molar refractivity (Wildman–Crippen MR) is 68.3 cm³/mol. The average molecular weight is 239 g/mol. The fourth-order valence-electron chi connectivity index (χ4n) is 2.67. The van der Waals surface area contributed by atoms with Crippen LogP contribution in [0.4, 0.5) is 4.39 Å². The summed E-state index contributed by atoms with van der Waals surface area (Å²) in [6.07, 6.45) is 1.16. The largest absolute Gasteiger partial charge is 0.396 e.